The van der Waals surface area contributed by atoms with Crippen LogP contribution in [0.2, 0.25) is 0 Å². The summed E-state index contributed by atoms with van der Waals surface area (Å²) in [6, 6.07) is 8.41. The van der Waals surface area contributed by atoms with Gasteiger partial charge in [0, 0.05) is 42.0 Å². The van der Waals surface area contributed by atoms with Crippen molar-refractivity contribution in [2.75, 3.05) is 13.1 Å². The number of fused-ring (bicyclic) bond motifs is 3. The van der Waals surface area contributed by atoms with E-state index in [0.717, 1.165) is 44.3 Å². The fourth-order valence-corrected chi connectivity index (χ4v) is 4.81. The normalized spacial score (nSPS) is 24.1. The van der Waals surface area contributed by atoms with Crippen LogP contribution in [0.25, 0.3) is 10.9 Å². The van der Waals surface area contributed by atoms with Crippen molar-refractivity contribution in [2.24, 2.45) is 5.41 Å². The fraction of sp³-hybridized carbons (Fsp3) is 0.545. The summed E-state index contributed by atoms with van der Waals surface area (Å²) in [5.74, 6) is 0.540. The molecule has 0 saturated heterocycles. The van der Waals surface area contributed by atoms with Crippen LogP contribution in [0.4, 0.5) is 0 Å². The number of carbonyl (C=O) groups excluding carboxylic acids is 1. The number of H-pyrrole nitrogens is 1. The molecule has 138 valence electrons. The number of rotatable bonds is 3. The van der Waals surface area contributed by atoms with Gasteiger partial charge in [-0.25, -0.2) is 0 Å². The molecule has 0 saturated carbocycles. The lowest BCUT2D eigenvalue weighted by Crippen LogP contribution is -2.33. The van der Waals surface area contributed by atoms with Gasteiger partial charge in [0.15, 0.2) is 6.19 Å². The molecule has 3 rings (SSSR count). The monoisotopic (exact) mass is 351 g/mol. The van der Waals surface area contributed by atoms with E-state index in [2.05, 4.69) is 49.3 Å². The molecule has 1 aromatic heterocycles. The number of aromatic nitrogens is 1. The number of benzene rings is 1. The van der Waals surface area contributed by atoms with E-state index < -0.39 is 0 Å². The molecule has 26 heavy (non-hydrogen) atoms. The minimum Gasteiger partial charge on any atom is -0.358 e. The zero-order chi connectivity index (χ0) is 18.7. The molecule has 2 heterocycles. The number of para-hydroxylation sites is 1. The molecule has 2 atom stereocenters. The number of hydrogen-bond donors (Lipinski definition) is 1. The summed E-state index contributed by atoms with van der Waals surface area (Å²) in [7, 11) is 0. The Morgan fingerprint density at radius 1 is 1.38 bits per heavy atom. The molecular weight excluding hydrogens is 322 g/mol. The van der Waals surface area contributed by atoms with Gasteiger partial charge in [0.2, 0.25) is 0 Å². The number of nitrogens with zero attached hydrogens (tertiary/aromatic N) is 2. The molecule has 0 fully saturated rings. The predicted octanol–water partition coefficient (Wildman–Crippen LogP) is 4.77. The highest BCUT2D eigenvalue weighted by Gasteiger charge is 2.38. The second-order valence-electron chi connectivity index (χ2n) is 7.82. The summed E-state index contributed by atoms with van der Waals surface area (Å²) < 4.78 is 0. The summed E-state index contributed by atoms with van der Waals surface area (Å²) in [4.78, 5) is 17.6. The molecule has 2 aromatic rings. The molecule has 1 aliphatic rings. The maximum Gasteiger partial charge on any atom is 0.179 e. The molecule has 4 heteroatoms. The zero-order valence-electron chi connectivity index (χ0n) is 16.1. The average molecular weight is 351 g/mol. The van der Waals surface area contributed by atoms with E-state index in [1.807, 2.05) is 4.90 Å². The minimum absolute atomic E-state index is 0.0556. The highest BCUT2D eigenvalue weighted by molar-refractivity contribution is 5.85. The summed E-state index contributed by atoms with van der Waals surface area (Å²) in [6.07, 6.45) is 6.70. The van der Waals surface area contributed by atoms with Crippen molar-refractivity contribution in [2.45, 2.75) is 58.8 Å². The lowest BCUT2D eigenvalue weighted by Gasteiger charge is -2.39. The van der Waals surface area contributed by atoms with Crippen molar-refractivity contribution < 1.29 is 4.79 Å². The number of nitriles is 1. The van der Waals surface area contributed by atoms with Crippen molar-refractivity contribution in [1.82, 2.24) is 9.88 Å². The Bertz CT molecular complexity index is 832. The Morgan fingerprint density at radius 3 is 2.85 bits per heavy atom. The quantitative estimate of drug-likeness (QED) is 0.811. The first-order valence-corrected chi connectivity index (χ1v) is 9.74. The van der Waals surface area contributed by atoms with Gasteiger partial charge < -0.3 is 14.7 Å². The van der Waals surface area contributed by atoms with E-state index in [1.54, 1.807) is 6.92 Å². The van der Waals surface area contributed by atoms with Gasteiger partial charge in [-0.1, -0.05) is 32.0 Å². The summed E-state index contributed by atoms with van der Waals surface area (Å²) in [5, 5.41) is 10.7. The van der Waals surface area contributed by atoms with E-state index in [1.165, 1.54) is 16.6 Å². The Morgan fingerprint density at radius 2 is 2.15 bits per heavy atom. The molecule has 4 nitrogen and oxygen atoms in total. The molecule has 2 unspecified atom stereocenters. The second-order valence-corrected chi connectivity index (χ2v) is 7.82. The minimum atomic E-state index is -0.0556. The van der Waals surface area contributed by atoms with Gasteiger partial charge in [-0.05, 0) is 49.7 Å². The first kappa shape index (κ1) is 18.5. The van der Waals surface area contributed by atoms with E-state index in [-0.39, 0.29) is 17.1 Å². The third-order valence-electron chi connectivity index (χ3n) is 6.38. The van der Waals surface area contributed by atoms with Crippen molar-refractivity contribution in [3.05, 3.63) is 35.5 Å². The number of nitrogens with one attached hydrogen (secondary N) is 1. The van der Waals surface area contributed by atoms with E-state index in [9.17, 15) is 10.1 Å². The Labute approximate surface area is 156 Å². The van der Waals surface area contributed by atoms with Crippen LogP contribution in [0.15, 0.2) is 24.3 Å². The van der Waals surface area contributed by atoms with E-state index >= 15 is 0 Å². The average Bonchev–Trinajstić information content (AvgIpc) is 3.00. The van der Waals surface area contributed by atoms with Crippen LogP contribution in [-0.2, 0) is 11.2 Å². The van der Waals surface area contributed by atoms with Crippen LogP contribution < -0.4 is 0 Å². The molecule has 0 bridgehead atoms. The summed E-state index contributed by atoms with van der Waals surface area (Å²) in [5.41, 5.74) is 3.67. The van der Waals surface area contributed by atoms with Crippen LogP contribution in [0, 0.1) is 16.9 Å². The lowest BCUT2D eigenvalue weighted by atomic mass is 9.66. The van der Waals surface area contributed by atoms with Crippen LogP contribution in [-0.4, -0.2) is 28.8 Å². The topological polar surface area (TPSA) is 59.9 Å². The number of hydrogen-bond acceptors (Lipinski definition) is 3. The van der Waals surface area contributed by atoms with Gasteiger partial charge in [-0.15, -0.1) is 0 Å². The number of Topliss-reactive ketones (excluding diaryl/α,β-unsaturated/α-hetero) is 1. The third kappa shape index (κ3) is 3.35. The molecule has 0 amide bonds. The van der Waals surface area contributed by atoms with Crippen LogP contribution in [0.3, 0.4) is 0 Å². The molecule has 1 aromatic carbocycles. The van der Waals surface area contributed by atoms with Gasteiger partial charge in [-0.2, -0.15) is 5.26 Å². The van der Waals surface area contributed by atoms with Crippen LogP contribution >= 0.6 is 0 Å². The number of aromatic amines is 1. The molecule has 0 spiro atoms. The molecule has 0 radical (unpaired) electrons. The largest absolute Gasteiger partial charge is 0.358 e. The van der Waals surface area contributed by atoms with Crippen molar-refractivity contribution in [3.8, 4) is 6.19 Å². The van der Waals surface area contributed by atoms with Gasteiger partial charge >= 0.3 is 0 Å². The highest BCUT2D eigenvalue weighted by atomic mass is 16.1. The summed E-state index contributed by atoms with van der Waals surface area (Å²) in [6.45, 7) is 7.72. The van der Waals surface area contributed by atoms with Gasteiger partial charge in [0.25, 0.3) is 0 Å². The lowest BCUT2D eigenvalue weighted by molar-refractivity contribution is -0.120. The van der Waals surface area contributed by atoms with Crippen LogP contribution in [0.5, 0.6) is 0 Å². The molecule has 1 aliphatic heterocycles. The van der Waals surface area contributed by atoms with Gasteiger partial charge in [0.05, 0.1) is 0 Å². The number of ketones is 1. The van der Waals surface area contributed by atoms with E-state index in [0.29, 0.717) is 6.42 Å². The maximum atomic E-state index is 12.1. The maximum absolute atomic E-state index is 12.1. The zero-order valence-corrected chi connectivity index (χ0v) is 16.1. The van der Waals surface area contributed by atoms with Gasteiger partial charge in [0.1, 0.15) is 5.78 Å². The van der Waals surface area contributed by atoms with Crippen molar-refractivity contribution in [1.29, 1.82) is 5.26 Å². The first-order chi connectivity index (χ1) is 12.5. The smallest absolute Gasteiger partial charge is 0.179 e. The second kappa shape index (κ2) is 7.53. The van der Waals surface area contributed by atoms with Crippen LogP contribution in [0.1, 0.15) is 63.6 Å². The number of carbonyl (C=O) groups is 1. The van der Waals surface area contributed by atoms with E-state index in [4.69, 9.17) is 0 Å². The Kier molecular flexibility index (Phi) is 5.36. The Hall–Kier alpha value is -2.28. The summed E-state index contributed by atoms with van der Waals surface area (Å²) >= 11 is 0. The fourth-order valence-electron chi connectivity index (χ4n) is 4.81. The third-order valence-corrected chi connectivity index (χ3v) is 6.38. The molecule has 0 aliphatic carbocycles. The first-order valence-electron chi connectivity index (χ1n) is 9.74. The van der Waals surface area contributed by atoms with Gasteiger partial charge in [-0.3, -0.25) is 0 Å². The Balaban J connectivity index is 2.15. The molecular formula is C22H29N3O. The SMILES string of the molecule is CCC1(CC(C)=O)CCCN(C#N)CCc2c([nH]c3ccccc23)C1C. The standard InChI is InChI=1S/C22H29N3O/c1-4-22(14-16(2)26)11-7-12-25(15-23)13-10-19-18-8-5-6-9-20(18)24-21(19)17(22)3/h5-6,8-9,17,24H,4,7,10-14H2,1-3H3. The predicted molar refractivity (Wildman–Crippen MR) is 105 cm³/mol. The molecule has 1 N–H and O–H groups in total. The van der Waals surface area contributed by atoms with Crippen molar-refractivity contribution in [3.63, 3.8) is 0 Å². The van der Waals surface area contributed by atoms with Crippen molar-refractivity contribution >= 4 is 16.7 Å². The highest BCUT2D eigenvalue weighted by Crippen LogP contribution is 2.47.